The molecule has 2 rings (SSSR count). The lowest BCUT2D eigenvalue weighted by Gasteiger charge is -2.17. The van der Waals surface area contributed by atoms with Gasteiger partial charge in [0, 0.05) is 24.9 Å². The monoisotopic (exact) mass is 262 g/mol. The fourth-order valence-electron chi connectivity index (χ4n) is 1.62. The molecule has 1 aromatic carbocycles. The van der Waals surface area contributed by atoms with E-state index < -0.39 is 5.91 Å². The number of carbonyl (C=O) groups excluding carboxylic acids is 1. The molecule has 0 atom stereocenters. The summed E-state index contributed by atoms with van der Waals surface area (Å²) in [6.07, 6.45) is 0. The second-order valence-electron chi connectivity index (χ2n) is 4.03. The number of phenolic OH excluding ortho intramolecular Hbond substituents is 1. The lowest BCUT2D eigenvalue weighted by Crippen LogP contribution is -2.30. The Hall–Kier alpha value is -2.54. The number of phenols is 1. The number of amides is 1. The Bertz CT molecular complexity index is 582. The summed E-state index contributed by atoms with van der Waals surface area (Å²) < 4.78 is 5.04. The SMILES string of the molecule is CN(Cc1cc(C(=O)NN)no1)c1cccc(O)c1. The highest BCUT2D eigenvalue weighted by atomic mass is 16.5. The predicted octanol–water partition coefficient (Wildman–Crippen LogP) is 0.620. The summed E-state index contributed by atoms with van der Waals surface area (Å²) in [6, 6.07) is 8.33. The second-order valence-corrected chi connectivity index (χ2v) is 4.03. The van der Waals surface area contributed by atoms with Crippen LogP contribution < -0.4 is 16.2 Å². The maximum absolute atomic E-state index is 11.2. The van der Waals surface area contributed by atoms with Crippen molar-refractivity contribution >= 4 is 11.6 Å². The van der Waals surface area contributed by atoms with Gasteiger partial charge in [0.25, 0.3) is 5.91 Å². The van der Waals surface area contributed by atoms with E-state index in [0.29, 0.717) is 12.3 Å². The normalized spacial score (nSPS) is 10.2. The average molecular weight is 262 g/mol. The molecule has 0 unspecified atom stereocenters. The minimum atomic E-state index is -0.505. The van der Waals surface area contributed by atoms with Gasteiger partial charge in [-0.15, -0.1) is 0 Å². The summed E-state index contributed by atoms with van der Waals surface area (Å²) in [5.74, 6) is 5.20. The van der Waals surface area contributed by atoms with Gasteiger partial charge in [-0.1, -0.05) is 11.2 Å². The third-order valence-electron chi connectivity index (χ3n) is 2.59. The Morgan fingerprint density at radius 2 is 2.32 bits per heavy atom. The molecule has 0 radical (unpaired) electrons. The molecule has 0 saturated heterocycles. The van der Waals surface area contributed by atoms with Crippen molar-refractivity contribution in [2.45, 2.75) is 6.54 Å². The van der Waals surface area contributed by atoms with Gasteiger partial charge >= 0.3 is 0 Å². The lowest BCUT2D eigenvalue weighted by molar-refractivity contribution is 0.0944. The van der Waals surface area contributed by atoms with E-state index in [9.17, 15) is 9.90 Å². The standard InChI is InChI=1S/C12H14N4O3/c1-16(8-3-2-4-9(17)5-8)7-10-6-11(15-19-10)12(18)14-13/h2-6,17H,7,13H2,1H3,(H,14,18). The zero-order valence-corrected chi connectivity index (χ0v) is 10.3. The van der Waals surface area contributed by atoms with Crippen LogP contribution in [-0.4, -0.2) is 23.2 Å². The molecule has 2 aromatic rings. The van der Waals surface area contributed by atoms with Crippen LogP contribution in [-0.2, 0) is 6.54 Å². The molecular weight excluding hydrogens is 248 g/mol. The molecule has 0 aliphatic carbocycles. The molecule has 4 N–H and O–H groups in total. The van der Waals surface area contributed by atoms with Crippen molar-refractivity contribution in [2.75, 3.05) is 11.9 Å². The van der Waals surface area contributed by atoms with E-state index in [0.717, 1.165) is 5.69 Å². The van der Waals surface area contributed by atoms with Crippen molar-refractivity contribution in [3.05, 3.63) is 41.8 Å². The van der Waals surface area contributed by atoms with Crippen LogP contribution in [0.1, 0.15) is 16.2 Å². The van der Waals surface area contributed by atoms with Crippen LogP contribution in [0.3, 0.4) is 0 Å². The Morgan fingerprint density at radius 1 is 1.53 bits per heavy atom. The van der Waals surface area contributed by atoms with Crippen molar-refractivity contribution in [3.63, 3.8) is 0 Å². The first-order chi connectivity index (χ1) is 9.10. The van der Waals surface area contributed by atoms with Gasteiger partial charge in [0.15, 0.2) is 11.5 Å². The maximum atomic E-state index is 11.2. The predicted molar refractivity (Wildman–Crippen MR) is 68.4 cm³/mol. The van der Waals surface area contributed by atoms with Crippen LogP contribution in [0, 0.1) is 0 Å². The summed E-state index contributed by atoms with van der Waals surface area (Å²) in [6.45, 7) is 0.411. The Balaban J connectivity index is 2.08. The fraction of sp³-hybridized carbons (Fsp3) is 0.167. The molecule has 0 fully saturated rings. The number of aromatic nitrogens is 1. The van der Waals surface area contributed by atoms with Crippen molar-refractivity contribution < 1.29 is 14.4 Å². The number of anilines is 1. The number of hydrogen-bond donors (Lipinski definition) is 3. The first-order valence-electron chi connectivity index (χ1n) is 5.57. The number of nitrogens with zero attached hydrogens (tertiary/aromatic N) is 2. The van der Waals surface area contributed by atoms with Crippen LogP contribution >= 0.6 is 0 Å². The summed E-state index contributed by atoms with van der Waals surface area (Å²) in [5.41, 5.74) is 2.93. The summed E-state index contributed by atoms with van der Waals surface area (Å²) >= 11 is 0. The zero-order chi connectivity index (χ0) is 13.8. The number of hydrogen-bond acceptors (Lipinski definition) is 6. The van der Waals surface area contributed by atoms with Gasteiger partial charge in [0.05, 0.1) is 6.54 Å². The van der Waals surface area contributed by atoms with E-state index in [1.165, 1.54) is 6.07 Å². The highest BCUT2D eigenvalue weighted by Crippen LogP contribution is 2.20. The van der Waals surface area contributed by atoms with Gasteiger partial charge in [-0.25, -0.2) is 5.84 Å². The third-order valence-corrected chi connectivity index (χ3v) is 2.59. The van der Waals surface area contributed by atoms with Gasteiger partial charge < -0.3 is 14.5 Å². The topological polar surface area (TPSA) is 105 Å². The van der Waals surface area contributed by atoms with E-state index in [2.05, 4.69) is 5.16 Å². The number of aromatic hydroxyl groups is 1. The number of nitrogens with two attached hydrogens (primary N) is 1. The Kier molecular flexibility index (Phi) is 3.67. The van der Waals surface area contributed by atoms with Gasteiger partial charge in [-0.3, -0.25) is 10.2 Å². The van der Waals surface area contributed by atoms with E-state index in [1.807, 2.05) is 23.4 Å². The van der Waals surface area contributed by atoms with Gasteiger partial charge in [-0.05, 0) is 12.1 Å². The van der Waals surface area contributed by atoms with Crippen LogP contribution in [0.4, 0.5) is 5.69 Å². The number of hydrazine groups is 1. The molecular formula is C12H14N4O3. The van der Waals surface area contributed by atoms with Crippen LogP contribution in [0.2, 0.25) is 0 Å². The molecule has 0 aliphatic rings. The summed E-state index contributed by atoms with van der Waals surface area (Å²) in [4.78, 5) is 13.1. The third kappa shape index (κ3) is 3.02. The highest BCUT2D eigenvalue weighted by Gasteiger charge is 2.12. The number of nitrogens with one attached hydrogen (secondary N) is 1. The minimum absolute atomic E-state index is 0.127. The van der Waals surface area contributed by atoms with Crippen molar-refractivity contribution in [3.8, 4) is 5.75 Å². The molecule has 1 amide bonds. The average Bonchev–Trinajstić information content (AvgIpc) is 2.86. The van der Waals surface area contributed by atoms with Crippen LogP contribution in [0.25, 0.3) is 0 Å². The minimum Gasteiger partial charge on any atom is -0.508 e. The lowest BCUT2D eigenvalue weighted by atomic mass is 10.2. The largest absolute Gasteiger partial charge is 0.508 e. The zero-order valence-electron chi connectivity index (χ0n) is 10.3. The summed E-state index contributed by atoms with van der Waals surface area (Å²) in [7, 11) is 1.83. The second kappa shape index (κ2) is 5.40. The van der Waals surface area contributed by atoms with Crippen molar-refractivity contribution in [1.82, 2.24) is 10.6 Å². The van der Waals surface area contributed by atoms with Crippen molar-refractivity contribution in [1.29, 1.82) is 0 Å². The molecule has 0 aliphatic heterocycles. The molecule has 7 heteroatoms. The Labute approximate surface area is 109 Å². The highest BCUT2D eigenvalue weighted by molar-refractivity contribution is 5.91. The van der Waals surface area contributed by atoms with Gasteiger partial charge in [0.2, 0.25) is 0 Å². The first kappa shape index (κ1) is 12.9. The maximum Gasteiger partial charge on any atom is 0.287 e. The number of nitrogen functional groups attached to an aromatic ring is 1. The smallest absolute Gasteiger partial charge is 0.287 e. The molecule has 19 heavy (non-hydrogen) atoms. The van der Waals surface area contributed by atoms with E-state index >= 15 is 0 Å². The van der Waals surface area contributed by atoms with Crippen molar-refractivity contribution in [2.24, 2.45) is 5.84 Å². The first-order valence-corrected chi connectivity index (χ1v) is 5.57. The molecule has 7 nitrogen and oxygen atoms in total. The molecule has 0 bridgehead atoms. The quantitative estimate of drug-likeness (QED) is 0.424. The molecule has 100 valence electrons. The molecule has 0 spiro atoms. The fourth-order valence-corrected chi connectivity index (χ4v) is 1.62. The number of carbonyl (C=O) groups is 1. The van der Waals surface area contributed by atoms with E-state index in [4.69, 9.17) is 10.4 Å². The summed E-state index contributed by atoms with van der Waals surface area (Å²) in [5, 5.41) is 13.0. The van der Waals surface area contributed by atoms with Gasteiger partial charge in [0.1, 0.15) is 5.75 Å². The molecule has 1 aromatic heterocycles. The van der Waals surface area contributed by atoms with Crippen LogP contribution in [0.15, 0.2) is 34.9 Å². The molecule has 0 saturated carbocycles. The Morgan fingerprint density at radius 3 is 3.00 bits per heavy atom. The van der Waals surface area contributed by atoms with E-state index in [-0.39, 0.29) is 11.4 Å². The number of rotatable bonds is 4. The molecule has 1 heterocycles. The van der Waals surface area contributed by atoms with Gasteiger partial charge in [-0.2, -0.15) is 0 Å². The van der Waals surface area contributed by atoms with Crippen LogP contribution in [0.5, 0.6) is 5.75 Å². The van der Waals surface area contributed by atoms with E-state index in [1.54, 1.807) is 18.2 Å². The number of benzene rings is 1.